The zero-order chi connectivity index (χ0) is 14.7. The Bertz CT molecular complexity index is 482. The highest BCUT2D eigenvalue weighted by molar-refractivity contribution is 5.94. The summed E-state index contributed by atoms with van der Waals surface area (Å²) in [5.41, 5.74) is 2.24. The molecule has 122 valence electrons. The summed E-state index contributed by atoms with van der Waals surface area (Å²) in [4.78, 5) is 14.7. The molecule has 2 saturated heterocycles. The molecule has 0 radical (unpaired) electrons. The van der Waals surface area contributed by atoms with Gasteiger partial charge in [-0.1, -0.05) is 12.1 Å². The molecule has 4 heteroatoms. The standard InChI is InChI=1S/C18H26N2O.ClH/c1-14-4-2-3-13-20(14)18(21)17-7-5-15(6-8-17)16-9-11-19-12-10-16;/h5-8,14,16,19H,2-4,9-13H2,1H3;1H. The molecule has 1 aromatic rings. The predicted molar refractivity (Wildman–Crippen MR) is 92.9 cm³/mol. The van der Waals surface area contributed by atoms with Crippen LogP contribution in [0.3, 0.4) is 0 Å². The third kappa shape index (κ3) is 3.82. The maximum absolute atomic E-state index is 12.6. The Kier molecular flexibility index (Phi) is 6.27. The molecule has 0 aliphatic carbocycles. The molecule has 3 nitrogen and oxygen atoms in total. The number of hydrogen-bond donors (Lipinski definition) is 1. The Hall–Kier alpha value is -1.06. The summed E-state index contributed by atoms with van der Waals surface area (Å²) in [5.74, 6) is 0.864. The van der Waals surface area contributed by atoms with Crippen molar-refractivity contribution in [2.45, 2.75) is 51.0 Å². The largest absolute Gasteiger partial charge is 0.336 e. The molecular weight excluding hydrogens is 296 g/mol. The van der Waals surface area contributed by atoms with E-state index in [2.05, 4.69) is 24.4 Å². The van der Waals surface area contributed by atoms with Gasteiger partial charge < -0.3 is 10.2 Å². The topological polar surface area (TPSA) is 32.3 Å². The van der Waals surface area contributed by atoms with Gasteiger partial charge in [-0.2, -0.15) is 0 Å². The van der Waals surface area contributed by atoms with Crippen LogP contribution in [-0.4, -0.2) is 36.5 Å². The molecule has 1 atom stereocenters. The monoisotopic (exact) mass is 322 g/mol. The molecular formula is C18H27ClN2O. The number of piperidine rings is 2. The SMILES string of the molecule is CC1CCCCN1C(=O)c1ccc(C2CCNCC2)cc1.Cl. The molecule has 22 heavy (non-hydrogen) atoms. The normalized spacial score (nSPS) is 23.0. The Morgan fingerprint density at radius 2 is 1.77 bits per heavy atom. The van der Waals surface area contributed by atoms with Crippen LogP contribution in [0.1, 0.15) is 60.9 Å². The number of benzene rings is 1. The zero-order valence-corrected chi connectivity index (χ0v) is 14.2. The van der Waals surface area contributed by atoms with Crippen LogP contribution in [0.5, 0.6) is 0 Å². The molecule has 1 aromatic carbocycles. The second-order valence-corrected chi connectivity index (χ2v) is 6.49. The van der Waals surface area contributed by atoms with Crippen LogP contribution >= 0.6 is 12.4 Å². The van der Waals surface area contributed by atoms with Crippen molar-refractivity contribution in [2.24, 2.45) is 0 Å². The summed E-state index contributed by atoms with van der Waals surface area (Å²) >= 11 is 0. The molecule has 0 bridgehead atoms. The Morgan fingerprint density at radius 3 is 2.41 bits per heavy atom. The van der Waals surface area contributed by atoms with Crippen molar-refractivity contribution in [3.8, 4) is 0 Å². The number of rotatable bonds is 2. The van der Waals surface area contributed by atoms with E-state index >= 15 is 0 Å². The van der Waals surface area contributed by atoms with Gasteiger partial charge in [-0.05, 0) is 75.7 Å². The lowest BCUT2D eigenvalue weighted by Gasteiger charge is -2.33. The van der Waals surface area contributed by atoms with Crippen molar-refractivity contribution < 1.29 is 4.79 Å². The number of likely N-dealkylation sites (tertiary alicyclic amines) is 1. The third-order valence-corrected chi connectivity index (χ3v) is 5.03. The minimum Gasteiger partial charge on any atom is -0.336 e. The Labute approximate surface area is 139 Å². The van der Waals surface area contributed by atoms with Crippen LogP contribution in [0, 0.1) is 0 Å². The van der Waals surface area contributed by atoms with E-state index in [0.29, 0.717) is 12.0 Å². The first-order chi connectivity index (χ1) is 10.3. The molecule has 0 spiro atoms. The highest BCUT2D eigenvalue weighted by Gasteiger charge is 2.24. The van der Waals surface area contributed by atoms with Crippen molar-refractivity contribution in [1.82, 2.24) is 10.2 Å². The van der Waals surface area contributed by atoms with Gasteiger partial charge in [0.15, 0.2) is 0 Å². The van der Waals surface area contributed by atoms with Gasteiger partial charge in [0.2, 0.25) is 0 Å². The van der Waals surface area contributed by atoms with E-state index in [1.54, 1.807) is 0 Å². The van der Waals surface area contributed by atoms with Crippen molar-refractivity contribution >= 4 is 18.3 Å². The number of carbonyl (C=O) groups is 1. The molecule has 1 amide bonds. The molecule has 2 aliphatic rings. The number of halogens is 1. The highest BCUT2D eigenvalue weighted by Crippen LogP contribution is 2.26. The maximum Gasteiger partial charge on any atom is 0.254 e. The summed E-state index contributed by atoms with van der Waals surface area (Å²) in [6, 6.07) is 8.77. The predicted octanol–water partition coefficient (Wildman–Crippen LogP) is 3.59. The van der Waals surface area contributed by atoms with Gasteiger partial charge in [0.25, 0.3) is 5.91 Å². The molecule has 1 N–H and O–H groups in total. The number of hydrogen-bond acceptors (Lipinski definition) is 2. The van der Waals surface area contributed by atoms with Gasteiger partial charge in [-0.25, -0.2) is 0 Å². The first-order valence-corrected chi connectivity index (χ1v) is 8.37. The van der Waals surface area contributed by atoms with E-state index in [1.165, 1.54) is 24.8 Å². The van der Waals surface area contributed by atoms with Crippen molar-refractivity contribution in [3.05, 3.63) is 35.4 Å². The molecule has 3 rings (SSSR count). The minimum atomic E-state index is 0. The van der Waals surface area contributed by atoms with Crippen LogP contribution < -0.4 is 5.32 Å². The van der Waals surface area contributed by atoms with Gasteiger partial charge >= 0.3 is 0 Å². The molecule has 1 unspecified atom stereocenters. The van der Waals surface area contributed by atoms with Gasteiger partial charge in [0.05, 0.1) is 0 Å². The molecule has 0 saturated carbocycles. The van der Waals surface area contributed by atoms with E-state index in [1.807, 2.05) is 17.0 Å². The van der Waals surface area contributed by atoms with E-state index < -0.39 is 0 Å². The van der Waals surface area contributed by atoms with Crippen LogP contribution in [-0.2, 0) is 0 Å². The number of carbonyl (C=O) groups excluding carboxylic acids is 1. The van der Waals surface area contributed by atoms with Crippen LogP contribution in [0.2, 0.25) is 0 Å². The number of nitrogens with one attached hydrogen (secondary N) is 1. The van der Waals surface area contributed by atoms with Gasteiger partial charge in [-0.3, -0.25) is 4.79 Å². The van der Waals surface area contributed by atoms with Crippen molar-refractivity contribution in [3.63, 3.8) is 0 Å². The van der Waals surface area contributed by atoms with E-state index in [0.717, 1.165) is 38.0 Å². The van der Waals surface area contributed by atoms with E-state index in [-0.39, 0.29) is 18.3 Å². The average Bonchev–Trinajstić information content (AvgIpc) is 2.56. The quantitative estimate of drug-likeness (QED) is 0.902. The summed E-state index contributed by atoms with van der Waals surface area (Å²) < 4.78 is 0. The lowest BCUT2D eigenvalue weighted by atomic mass is 9.89. The van der Waals surface area contributed by atoms with Crippen LogP contribution in [0.25, 0.3) is 0 Å². The lowest BCUT2D eigenvalue weighted by Crippen LogP contribution is -2.42. The number of amides is 1. The van der Waals surface area contributed by atoms with Crippen LogP contribution in [0.15, 0.2) is 24.3 Å². The average molecular weight is 323 g/mol. The highest BCUT2D eigenvalue weighted by atomic mass is 35.5. The fourth-order valence-corrected chi connectivity index (χ4v) is 3.62. The van der Waals surface area contributed by atoms with Crippen LogP contribution in [0.4, 0.5) is 0 Å². The molecule has 2 heterocycles. The van der Waals surface area contributed by atoms with Gasteiger partial charge in [-0.15, -0.1) is 12.4 Å². The second kappa shape index (κ2) is 7.98. The summed E-state index contributed by atoms with van der Waals surface area (Å²) in [5, 5.41) is 3.40. The van der Waals surface area contributed by atoms with Gasteiger partial charge in [0, 0.05) is 18.2 Å². The first kappa shape index (κ1) is 17.3. The summed E-state index contributed by atoms with van der Waals surface area (Å²) in [6.45, 7) is 5.30. The Balaban J connectivity index is 0.00000176. The number of nitrogens with zero attached hydrogens (tertiary/aromatic N) is 1. The maximum atomic E-state index is 12.6. The summed E-state index contributed by atoms with van der Waals surface area (Å²) in [7, 11) is 0. The smallest absolute Gasteiger partial charge is 0.254 e. The summed E-state index contributed by atoms with van der Waals surface area (Å²) in [6.07, 6.45) is 5.94. The lowest BCUT2D eigenvalue weighted by molar-refractivity contribution is 0.0635. The first-order valence-electron chi connectivity index (χ1n) is 8.37. The van der Waals surface area contributed by atoms with E-state index in [4.69, 9.17) is 0 Å². The molecule has 2 aliphatic heterocycles. The van der Waals surface area contributed by atoms with Gasteiger partial charge in [0.1, 0.15) is 0 Å². The van der Waals surface area contributed by atoms with Crippen molar-refractivity contribution in [2.75, 3.05) is 19.6 Å². The second-order valence-electron chi connectivity index (χ2n) is 6.49. The molecule has 0 aromatic heterocycles. The molecule has 2 fully saturated rings. The zero-order valence-electron chi connectivity index (χ0n) is 13.4. The van der Waals surface area contributed by atoms with Crippen molar-refractivity contribution in [1.29, 1.82) is 0 Å². The van der Waals surface area contributed by atoms with E-state index in [9.17, 15) is 4.79 Å². The fourth-order valence-electron chi connectivity index (χ4n) is 3.62. The minimum absolute atomic E-state index is 0. The fraction of sp³-hybridized carbons (Fsp3) is 0.611. The Morgan fingerprint density at radius 1 is 1.09 bits per heavy atom. The third-order valence-electron chi connectivity index (χ3n) is 5.03.